The third-order valence-electron chi connectivity index (χ3n) is 3.97. The molecule has 0 amide bonds. The number of carbonyl (C=O) groups is 1. The number of hydrogen-bond acceptors (Lipinski definition) is 4. The Hall–Kier alpha value is -2.55. The smallest absolute Gasteiger partial charge is 0.488 e. The van der Waals surface area contributed by atoms with Crippen LogP contribution < -0.4 is 9.47 Å². The maximum Gasteiger partial charge on any atom is 0.513 e. The molecule has 158 valence electrons. The fraction of sp³-hybridized carbons (Fsp3) is 0.316. The van der Waals surface area contributed by atoms with Gasteiger partial charge in [0.2, 0.25) is 0 Å². The van der Waals surface area contributed by atoms with Crippen LogP contribution in [0.2, 0.25) is 5.02 Å². The van der Waals surface area contributed by atoms with Crippen LogP contribution in [-0.4, -0.2) is 13.3 Å². The summed E-state index contributed by atoms with van der Waals surface area (Å²) in [6.07, 6.45) is -8.60. The minimum Gasteiger partial charge on any atom is -0.488 e. The number of benzene rings is 2. The lowest BCUT2D eigenvalue weighted by Crippen LogP contribution is -2.15. The molecular weight excluding hydrogens is 423 g/mol. The summed E-state index contributed by atoms with van der Waals surface area (Å²) in [6, 6.07) is 5.15. The molecule has 0 aromatic heterocycles. The maximum atomic E-state index is 13.4. The summed E-state index contributed by atoms with van der Waals surface area (Å²) >= 11 is 6.02. The van der Waals surface area contributed by atoms with Crippen LogP contribution in [0.5, 0.6) is 11.5 Å². The van der Waals surface area contributed by atoms with Crippen LogP contribution in [0.1, 0.15) is 35.6 Å². The van der Waals surface area contributed by atoms with Gasteiger partial charge in [-0.3, -0.25) is 0 Å². The lowest BCUT2D eigenvalue weighted by Gasteiger charge is -2.18. The predicted octanol–water partition coefficient (Wildman–Crippen LogP) is 6.58. The first-order valence-corrected chi connectivity index (χ1v) is 8.64. The van der Waals surface area contributed by atoms with E-state index in [1.807, 2.05) is 0 Å². The highest BCUT2D eigenvalue weighted by molar-refractivity contribution is 6.31. The number of aryl methyl sites for hydroxylation is 1. The minimum absolute atomic E-state index is 0.141. The molecule has 29 heavy (non-hydrogen) atoms. The van der Waals surface area contributed by atoms with E-state index in [0.717, 1.165) is 37.4 Å². The van der Waals surface area contributed by atoms with Crippen molar-refractivity contribution in [2.75, 3.05) is 7.11 Å². The number of carbonyl (C=O) groups excluding carboxylic acids is 1. The molecule has 0 heterocycles. The molecule has 0 aliphatic heterocycles. The van der Waals surface area contributed by atoms with Gasteiger partial charge in [-0.25, -0.2) is 13.6 Å². The predicted molar refractivity (Wildman–Crippen MR) is 94.6 cm³/mol. The van der Waals surface area contributed by atoms with Gasteiger partial charge >= 0.3 is 12.3 Å². The van der Waals surface area contributed by atoms with Gasteiger partial charge in [-0.15, -0.1) is 0 Å². The molecule has 2 aromatic carbocycles. The third kappa shape index (κ3) is 5.50. The standard InChI is InChI=1S/C19H16ClF5O4/c1-3-10-7-11(17(21)22)16(8-14(10)20)28-9-12-13(19(23,24)25)5-4-6-15(12)29-18(26)27-2/h4-8,17H,3,9H2,1-2H3. The average Bonchev–Trinajstić information content (AvgIpc) is 2.65. The molecule has 10 heteroatoms. The van der Waals surface area contributed by atoms with E-state index in [0.29, 0.717) is 12.0 Å². The van der Waals surface area contributed by atoms with Gasteiger partial charge in [-0.05, 0) is 36.2 Å². The zero-order chi connectivity index (χ0) is 21.8. The van der Waals surface area contributed by atoms with Crippen molar-refractivity contribution in [3.63, 3.8) is 0 Å². The maximum absolute atomic E-state index is 13.4. The number of methoxy groups -OCH3 is 1. The van der Waals surface area contributed by atoms with Crippen molar-refractivity contribution in [3.8, 4) is 11.5 Å². The molecule has 0 unspecified atom stereocenters. The molecule has 0 bridgehead atoms. The molecule has 0 atom stereocenters. The van der Waals surface area contributed by atoms with E-state index in [1.54, 1.807) is 6.92 Å². The van der Waals surface area contributed by atoms with Crippen LogP contribution in [0.15, 0.2) is 30.3 Å². The SMILES string of the molecule is CCc1cc(C(F)F)c(OCc2c(OC(=O)OC)cccc2C(F)(F)F)cc1Cl. The van der Waals surface area contributed by atoms with E-state index in [2.05, 4.69) is 4.74 Å². The zero-order valence-corrected chi connectivity index (χ0v) is 16.0. The molecule has 2 rings (SSSR count). The summed E-state index contributed by atoms with van der Waals surface area (Å²) in [6.45, 7) is 0.913. The van der Waals surface area contributed by atoms with Gasteiger partial charge in [0.1, 0.15) is 18.1 Å². The highest BCUT2D eigenvalue weighted by atomic mass is 35.5. The zero-order valence-electron chi connectivity index (χ0n) is 15.3. The Kier molecular flexibility index (Phi) is 7.29. The van der Waals surface area contributed by atoms with Gasteiger partial charge in [-0.1, -0.05) is 24.6 Å². The summed E-state index contributed by atoms with van der Waals surface area (Å²) in [5, 5.41) is 0.141. The number of ether oxygens (including phenoxy) is 3. The Bertz CT molecular complexity index is 884. The second-order valence-electron chi connectivity index (χ2n) is 5.76. The number of rotatable bonds is 6. The molecule has 0 spiro atoms. The van der Waals surface area contributed by atoms with E-state index in [-0.39, 0.29) is 10.8 Å². The second kappa shape index (κ2) is 9.30. The van der Waals surface area contributed by atoms with Gasteiger partial charge < -0.3 is 14.2 Å². The first-order chi connectivity index (χ1) is 13.6. The molecule has 0 saturated heterocycles. The van der Waals surface area contributed by atoms with E-state index < -0.39 is 47.8 Å². The van der Waals surface area contributed by atoms with Crippen LogP contribution in [-0.2, 0) is 23.9 Å². The van der Waals surface area contributed by atoms with Gasteiger partial charge in [0, 0.05) is 10.6 Å². The lowest BCUT2D eigenvalue weighted by molar-refractivity contribution is -0.138. The molecular formula is C19H16ClF5O4. The molecule has 0 aliphatic carbocycles. The van der Waals surface area contributed by atoms with Gasteiger partial charge in [0.25, 0.3) is 6.43 Å². The van der Waals surface area contributed by atoms with E-state index >= 15 is 0 Å². The van der Waals surface area contributed by atoms with Crippen molar-refractivity contribution < 1.29 is 41.0 Å². The Labute approximate surface area is 168 Å². The highest BCUT2D eigenvalue weighted by Crippen LogP contribution is 2.39. The molecule has 0 saturated carbocycles. The van der Waals surface area contributed by atoms with Gasteiger partial charge in [-0.2, -0.15) is 13.2 Å². The first-order valence-electron chi connectivity index (χ1n) is 8.26. The topological polar surface area (TPSA) is 44.8 Å². The minimum atomic E-state index is -4.80. The fourth-order valence-corrected chi connectivity index (χ4v) is 2.83. The van der Waals surface area contributed by atoms with Gasteiger partial charge in [0.05, 0.1) is 18.2 Å². The lowest BCUT2D eigenvalue weighted by atomic mass is 10.1. The third-order valence-corrected chi connectivity index (χ3v) is 4.32. The Morgan fingerprint density at radius 3 is 2.41 bits per heavy atom. The Balaban J connectivity index is 2.46. The summed E-state index contributed by atoms with van der Waals surface area (Å²) < 4.78 is 81.2. The highest BCUT2D eigenvalue weighted by Gasteiger charge is 2.35. The Morgan fingerprint density at radius 1 is 1.17 bits per heavy atom. The van der Waals surface area contributed by atoms with Crippen LogP contribution >= 0.6 is 11.6 Å². The fourth-order valence-electron chi connectivity index (χ4n) is 2.54. The normalized spacial score (nSPS) is 11.5. The van der Waals surface area contributed by atoms with Crippen molar-refractivity contribution in [2.45, 2.75) is 32.6 Å². The molecule has 2 aromatic rings. The van der Waals surface area contributed by atoms with Crippen LogP contribution in [0, 0.1) is 0 Å². The van der Waals surface area contributed by atoms with E-state index in [9.17, 15) is 26.7 Å². The van der Waals surface area contributed by atoms with Crippen molar-refractivity contribution in [1.82, 2.24) is 0 Å². The average molecular weight is 439 g/mol. The molecule has 0 fully saturated rings. The summed E-state index contributed by atoms with van der Waals surface area (Å²) in [5.74, 6) is -0.843. The van der Waals surface area contributed by atoms with Crippen molar-refractivity contribution in [1.29, 1.82) is 0 Å². The number of hydrogen-bond donors (Lipinski definition) is 0. The van der Waals surface area contributed by atoms with Gasteiger partial charge in [0.15, 0.2) is 0 Å². The van der Waals surface area contributed by atoms with E-state index in [4.69, 9.17) is 21.1 Å². The summed E-state index contributed by atoms with van der Waals surface area (Å²) in [7, 11) is 0.984. The van der Waals surface area contributed by atoms with Crippen LogP contribution in [0.25, 0.3) is 0 Å². The monoisotopic (exact) mass is 438 g/mol. The number of halogens is 6. The summed E-state index contributed by atoms with van der Waals surface area (Å²) in [4.78, 5) is 11.3. The molecule has 0 aliphatic rings. The van der Waals surface area contributed by atoms with Crippen molar-refractivity contribution >= 4 is 17.8 Å². The van der Waals surface area contributed by atoms with Crippen molar-refractivity contribution in [2.24, 2.45) is 0 Å². The first kappa shape index (κ1) is 22.7. The molecule has 4 nitrogen and oxygen atoms in total. The molecule has 0 radical (unpaired) electrons. The largest absolute Gasteiger partial charge is 0.513 e. The number of alkyl halides is 5. The Morgan fingerprint density at radius 2 is 1.86 bits per heavy atom. The van der Waals surface area contributed by atoms with Crippen LogP contribution in [0.4, 0.5) is 26.7 Å². The second-order valence-corrected chi connectivity index (χ2v) is 6.17. The van der Waals surface area contributed by atoms with E-state index in [1.165, 1.54) is 0 Å². The quantitative estimate of drug-likeness (QED) is 0.290. The van der Waals surface area contributed by atoms with Crippen molar-refractivity contribution in [3.05, 3.63) is 57.6 Å². The van der Waals surface area contributed by atoms with Crippen LogP contribution in [0.3, 0.4) is 0 Å². The molecule has 0 N–H and O–H groups in total. The summed E-state index contributed by atoms with van der Waals surface area (Å²) in [5.41, 5.74) is -1.76.